The zero-order chi connectivity index (χ0) is 11.1. The molecule has 0 bridgehead atoms. The Bertz CT molecular complexity index is 575. The third-order valence-electron chi connectivity index (χ3n) is 3.27. The number of rotatable bonds is 1. The number of nitrogens with one attached hydrogen (secondary N) is 2. The van der Waals surface area contributed by atoms with Crippen LogP contribution in [-0.2, 0) is 0 Å². The summed E-state index contributed by atoms with van der Waals surface area (Å²) in [5.41, 5.74) is 3.14. The highest BCUT2D eigenvalue weighted by molar-refractivity contribution is 5.76. The van der Waals surface area contributed by atoms with E-state index in [2.05, 4.69) is 16.4 Å². The molecule has 2 aromatic rings. The fourth-order valence-electron chi connectivity index (χ4n) is 2.47. The van der Waals surface area contributed by atoms with Crippen molar-refractivity contribution in [3.05, 3.63) is 34.2 Å². The number of imidazole rings is 1. The van der Waals surface area contributed by atoms with Crippen molar-refractivity contribution in [3.8, 4) is 0 Å². The topological polar surface area (TPSA) is 49.8 Å². The molecule has 0 spiro atoms. The minimum absolute atomic E-state index is 0.00861. The van der Waals surface area contributed by atoms with Gasteiger partial charge in [-0.2, -0.15) is 0 Å². The average Bonchev–Trinajstić information content (AvgIpc) is 2.83. The fourth-order valence-corrected chi connectivity index (χ4v) is 2.47. The van der Waals surface area contributed by atoms with Crippen molar-refractivity contribution in [1.29, 1.82) is 0 Å². The lowest BCUT2D eigenvalue weighted by atomic mass is 10.2. The highest BCUT2D eigenvalue weighted by atomic mass is 16.1. The van der Waals surface area contributed by atoms with Crippen LogP contribution in [0, 0.1) is 6.92 Å². The lowest BCUT2D eigenvalue weighted by molar-refractivity contribution is 0.546. The minimum Gasteiger partial charge on any atom is -0.315 e. The summed E-state index contributed by atoms with van der Waals surface area (Å²) >= 11 is 0. The van der Waals surface area contributed by atoms with Crippen molar-refractivity contribution in [2.75, 3.05) is 13.1 Å². The van der Waals surface area contributed by atoms with Gasteiger partial charge < -0.3 is 10.3 Å². The molecule has 16 heavy (non-hydrogen) atoms. The number of nitrogens with zero attached hydrogens (tertiary/aromatic N) is 1. The second-order valence-electron chi connectivity index (χ2n) is 4.47. The molecule has 2 N–H and O–H groups in total. The molecule has 1 aliphatic rings. The Labute approximate surface area is 93.3 Å². The van der Waals surface area contributed by atoms with Crippen LogP contribution < -0.4 is 11.0 Å². The van der Waals surface area contributed by atoms with Crippen LogP contribution in [0.2, 0.25) is 0 Å². The summed E-state index contributed by atoms with van der Waals surface area (Å²) in [6, 6.07) is 6.40. The normalized spacial score (nSPS) is 20.7. The third-order valence-corrected chi connectivity index (χ3v) is 3.27. The van der Waals surface area contributed by atoms with Crippen LogP contribution in [0.4, 0.5) is 0 Å². The van der Waals surface area contributed by atoms with Gasteiger partial charge in [0.15, 0.2) is 0 Å². The SMILES string of the molecule is Cc1ccc2c(c1)[nH]c(=O)n2C1CCNC1. The van der Waals surface area contributed by atoms with E-state index >= 15 is 0 Å². The number of aromatic nitrogens is 2. The van der Waals surface area contributed by atoms with E-state index in [1.807, 2.05) is 23.6 Å². The van der Waals surface area contributed by atoms with Crippen molar-refractivity contribution >= 4 is 11.0 Å². The smallest absolute Gasteiger partial charge is 0.315 e. The number of benzene rings is 1. The van der Waals surface area contributed by atoms with Crippen molar-refractivity contribution in [2.24, 2.45) is 0 Å². The van der Waals surface area contributed by atoms with E-state index in [1.54, 1.807) is 0 Å². The van der Waals surface area contributed by atoms with Crippen LogP contribution in [0.15, 0.2) is 23.0 Å². The molecule has 1 aromatic carbocycles. The van der Waals surface area contributed by atoms with Crippen LogP contribution in [0.3, 0.4) is 0 Å². The average molecular weight is 217 g/mol. The van der Waals surface area contributed by atoms with E-state index in [4.69, 9.17) is 0 Å². The van der Waals surface area contributed by atoms with E-state index in [0.29, 0.717) is 6.04 Å². The Balaban J connectivity index is 2.23. The van der Waals surface area contributed by atoms with Crippen LogP contribution in [0.1, 0.15) is 18.0 Å². The summed E-state index contributed by atoms with van der Waals surface area (Å²) in [7, 11) is 0. The van der Waals surface area contributed by atoms with Crippen molar-refractivity contribution in [1.82, 2.24) is 14.9 Å². The molecule has 84 valence electrons. The van der Waals surface area contributed by atoms with Crippen molar-refractivity contribution < 1.29 is 0 Å². The van der Waals surface area contributed by atoms with Crippen molar-refractivity contribution in [3.63, 3.8) is 0 Å². The minimum atomic E-state index is 0.00861. The predicted molar refractivity (Wildman–Crippen MR) is 63.8 cm³/mol. The number of hydrogen-bond acceptors (Lipinski definition) is 2. The maximum absolute atomic E-state index is 11.9. The molecule has 1 atom stereocenters. The molecule has 1 aromatic heterocycles. The molecule has 4 heteroatoms. The molecular formula is C12H15N3O. The lowest BCUT2D eigenvalue weighted by Gasteiger charge is -2.10. The van der Waals surface area contributed by atoms with E-state index < -0.39 is 0 Å². The summed E-state index contributed by atoms with van der Waals surface area (Å²) in [5, 5.41) is 3.29. The molecule has 1 fully saturated rings. The Kier molecular flexibility index (Phi) is 2.11. The maximum atomic E-state index is 11.9. The molecule has 4 nitrogen and oxygen atoms in total. The van der Waals surface area contributed by atoms with Crippen LogP contribution in [-0.4, -0.2) is 22.6 Å². The van der Waals surface area contributed by atoms with Gasteiger partial charge in [0.2, 0.25) is 0 Å². The number of aromatic amines is 1. The molecule has 1 saturated heterocycles. The van der Waals surface area contributed by atoms with E-state index in [1.165, 1.54) is 5.56 Å². The fraction of sp³-hybridized carbons (Fsp3) is 0.417. The summed E-state index contributed by atoms with van der Waals surface area (Å²) < 4.78 is 1.88. The first-order valence-corrected chi connectivity index (χ1v) is 5.67. The molecule has 3 rings (SSSR count). The van der Waals surface area contributed by atoms with Crippen LogP contribution in [0.5, 0.6) is 0 Å². The molecule has 0 saturated carbocycles. The highest BCUT2D eigenvalue weighted by Crippen LogP contribution is 2.20. The Morgan fingerprint density at radius 1 is 1.44 bits per heavy atom. The molecule has 0 radical (unpaired) electrons. The third kappa shape index (κ3) is 1.38. The zero-order valence-electron chi connectivity index (χ0n) is 9.29. The quantitative estimate of drug-likeness (QED) is 0.753. The van der Waals surface area contributed by atoms with Gasteiger partial charge >= 0.3 is 5.69 Å². The highest BCUT2D eigenvalue weighted by Gasteiger charge is 2.20. The lowest BCUT2D eigenvalue weighted by Crippen LogP contribution is -2.23. The summed E-state index contributed by atoms with van der Waals surface area (Å²) in [4.78, 5) is 14.8. The molecule has 2 heterocycles. The maximum Gasteiger partial charge on any atom is 0.326 e. The first kappa shape index (κ1) is 9.66. The first-order valence-electron chi connectivity index (χ1n) is 5.67. The van der Waals surface area contributed by atoms with Crippen molar-refractivity contribution in [2.45, 2.75) is 19.4 Å². The van der Waals surface area contributed by atoms with Gasteiger partial charge in [-0.05, 0) is 37.6 Å². The molecule has 0 aliphatic carbocycles. The Morgan fingerprint density at radius 2 is 2.31 bits per heavy atom. The van der Waals surface area contributed by atoms with Crippen LogP contribution >= 0.6 is 0 Å². The Morgan fingerprint density at radius 3 is 3.06 bits per heavy atom. The van der Waals surface area contributed by atoms with Gasteiger partial charge in [0.25, 0.3) is 0 Å². The van der Waals surface area contributed by atoms with Gasteiger partial charge in [-0.3, -0.25) is 4.57 Å². The van der Waals surface area contributed by atoms with E-state index in [-0.39, 0.29) is 5.69 Å². The van der Waals surface area contributed by atoms with E-state index in [0.717, 1.165) is 30.5 Å². The molecular weight excluding hydrogens is 202 g/mol. The second-order valence-corrected chi connectivity index (χ2v) is 4.47. The number of hydrogen-bond donors (Lipinski definition) is 2. The Hall–Kier alpha value is -1.55. The van der Waals surface area contributed by atoms with Gasteiger partial charge in [-0.15, -0.1) is 0 Å². The van der Waals surface area contributed by atoms with E-state index in [9.17, 15) is 4.79 Å². The van der Waals surface area contributed by atoms with Gasteiger partial charge in [0, 0.05) is 6.54 Å². The summed E-state index contributed by atoms with van der Waals surface area (Å²) in [5.74, 6) is 0. The standard InChI is InChI=1S/C12H15N3O/c1-8-2-3-11-10(6-8)14-12(16)15(11)9-4-5-13-7-9/h2-3,6,9,13H,4-5,7H2,1H3,(H,14,16). The molecule has 1 unspecified atom stereocenters. The largest absolute Gasteiger partial charge is 0.326 e. The monoisotopic (exact) mass is 217 g/mol. The summed E-state index contributed by atoms with van der Waals surface area (Å²) in [6.07, 6.45) is 1.03. The number of aryl methyl sites for hydroxylation is 1. The molecule has 0 amide bonds. The zero-order valence-corrected chi connectivity index (χ0v) is 9.29. The second kappa shape index (κ2) is 3.49. The predicted octanol–water partition coefficient (Wildman–Crippen LogP) is 1.17. The van der Waals surface area contributed by atoms with Gasteiger partial charge in [0.05, 0.1) is 17.1 Å². The number of H-pyrrole nitrogens is 1. The van der Waals surface area contributed by atoms with Gasteiger partial charge in [0.1, 0.15) is 0 Å². The first-order chi connectivity index (χ1) is 7.75. The van der Waals surface area contributed by atoms with Gasteiger partial charge in [-0.25, -0.2) is 4.79 Å². The number of fused-ring (bicyclic) bond motifs is 1. The molecule has 1 aliphatic heterocycles. The van der Waals surface area contributed by atoms with Gasteiger partial charge in [-0.1, -0.05) is 6.07 Å². The summed E-state index contributed by atoms with van der Waals surface area (Å²) in [6.45, 7) is 3.92. The van der Waals surface area contributed by atoms with Crippen LogP contribution in [0.25, 0.3) is 11.0 Å².